The number of rotatable bonds is 1. The second-order valence-corrected chi connectivity index (χ2v) is 4.15. The number of hydrogen-bond acceptors (Lipinski definition) is 4. The molecular weight excluding hydrogens is 264 g/mol. The first-order valence-electron chi connectivity index (χ1n) is 2.72. The van der Waals surface area contributed by atoms with E-state index in [1.165, 1.54) is 15.7 Å². The van der Waals surface area contributed by atoms with Crippen molar-refractivity contribution in [3.8, 4) is 0 Å². The molecule has 11 heavy (non-hydrogen) atoms. The third-order valence-electron chi connectivity index (χ3n) is 1.05. The van der Waals surface area contributed by atoms with Gasteiger partial charge in [0.15, 0.2) is 0 Å². The zero-order valence-electron chi connectivity index (χ0n) is 5.68. The summed E-state index contributed by atoms with van der Waals surface area (Å²) in [5.74, 6) is 0. The van der Waals surface area contributed by atoms with Gasteiger partial charge in [0, 0.05) is 0 Å². The molecule has 0 radical (unpaired) electrons. The Morgan fingerprint density at radius 3 is 3.09 bits per heavy atom. The van der Waals surface area contributed by atoms with Crippen LogP contribution in [0.3, 0.4) is 0 Å². The normalized spacial score (nSPS) is 9.55. The predicted molar refractivity (Wildman–Crippen MR) is 45.1 cm³/mol. The summed E-state index contributed by atoms with van der Waals surface area (Å²) >= 11 is 6.87. The van der Waals surface area contributed by atoms with Crippen LogP contribution >= 0.6 is 21.7 Å². The zero-order chi connectivity index (χ0) is 8.27. The summed E-state index contributed by atoms with van der Waals surface area (Å²) in [6.07, 6.45) is 3.12. The molecule has 1 aromatic rings. The van der Waals surface area contributed by atoms with Crippen molar-refractivity contribution < 1.29 is 23.0 Å². The second kappa shape index (κ2) is 4.24. The molecule has 6 heteroatoms. The Hall–Kier alpha value is 0.138. The van der Waals surface area contributed by atoms with E-state index in [4.69, 9.17) is 16.6 Å². The molecule has 0 saturated carbocycles. The summed E-state index contributed by atoms with van der Waals surface area (Å²) < 4.78 is 5.78. The molecule has 0 atom stereocenters. The summed E-state index contributed by atoms with van der Waals surface area (Å²) in [6, 6.07) is 0.533. The molecular formula is C5H5MoN2OS2. The molecule has 0 N–H and O–H groups in total. The third-order valence-corrected chi connectivity index (χ3v) is 4.00. The fourth-order valence-electron chi connectivity index (χ4n) is 0.516. The van der Waals surface area contributed by atoms with Crippen LogP contribution in [-0.2, 0) is 18.5 Å². The summed E-state index contributed by atoms with van der Waals surface area (Å²) in [5.41, 5.74) is 0. The van der Waals surface area contributed by atoms with Crippen LogP contribution in [0.4, 0.5) is 6.01 Å². The number of hydrogen-bond donors (Lipinski definition) is 0. The summed E-state index contributed by atoms with van der Waals surface area (Å²) in [5, 5.41) is 0. The average Bonchev–Trinajstić information content (AvgIpc) is 2.53. The van der Waals surface area contributed by atoms with E-state index in [1.54, 1.807) is 11.1 Å². The average molecular weight is 269 g/mol. The van der Waals surface area contributed by atoms with Crippen molar-refractivity contribution in [2.24, 2.45) is 0 Å². The van der Waals surface area contributed by atoms with Gasteiger partial charge in [-0.25, -0.2) is 0 Å². The van der Waals surface area contributed by atoms with Crippen LogP contribution in [0.5, 0.6) is 0 Å². The van der Waals surface area contributed by atoms with Gasteiger partial charge in [-0.2, -0.15) is 0 Å². The number of nitrogens with zero attached hydrogens (tertiary/aromatic N) is 2. The Morgan fingerprint density at radius 1 is 1.91 bits per heavy atom. The van der Waals surface area contributed by atoms with Crippen molar-refractivity contribution in [2.45, 2.75) is 0 Å². The van der Waals surface area contributed by atoms with E-state index in [1.807, 2.05) is 25.6 Å². The SMILES string of the molecule is CN(C(=S)[S][Mo])c1ncco1. The number of anilines is 1. The molecule has 0 aromatic carbocycles. The van der Waals surface area contributed by atoms with Crippen LogP contribution in [0.1, 0.15) is 0 Å². The Bertz CT molecular complexity index is 239. The Balaban J connectivity index is 2.70. The maximum absolute atomic E-state index is 5.03. The van der Waals surface area contributed by atoms with E-state index in [0.29, 0.717) is 6.01 Å². The van der Waals surface area contributed by atoms with Crippen molar-refractivity contribution in [2.75, 3.05) is 11.9 Å². The zero-order valence-corrected chi connectivity index (χ0v) is 9.32. The molecule has 0 spiro atoms. The fourth-order valence-corrected chi connectivity index (χ4v) is 1.61. The first-order valence-corrected chi connectivity index (χ1v) is 6.33. The molecule has 59 valence electrons. The van der Waals surface area contributed by atoms with Crippen LogP contribution in [0.2, 0.25) is 0 Å². The molecule has 0 aliphatic rings. The molecule has 1 rings (SSSR count). The van der Waals surface area contributed by atoms with E-state index in [-0.39, 0.29) is 0 Å². The predicted octanol–water partition coefficient (Wildman–Crippen LogP) is 1.59. The Morgan fingerprint density at radius 2 is 2.64 bits per heavy atom. The van der Waals surface area contributed by atoms with E-state index in [0.717, 1.165) is 4.32 Å². The number of oxazole rings is 1. The quantitative estimate of drug-likeness (QED) is 0.570. The molecule has 0 unspecified atom stereocenters. The van der Waals surface area contributed by atoms with E-state index in [2.05, 4.69) is 4.98 Å². The van der Waals surface area contributed by atoms with Crippen molar-refractivity contribution in [1.29, 1.82) is 0 Å². The summed E-state index contributed by atoms with van der Waals surface area (Å²) in [4.78, 5) is 5.67. The monoisotopic (exact) mass is 271 g/mol. The maximum atomic E-state index is 5.03. The van der Waals surface area contributed by atoms with Crippen LogP contribution in [0, 0.1) is 0 Å². The third kappa shape index (κ3) is 2.29. The van der Waals surface area contributed by atoms with Gasteiger partial charge in [-0.05, 0) is 0 Å². The number of aromatic nitrogens is 1. The minimum absolute atomic E-state index is 0.533. The van der Waals surface area contributed by atoms with E-state index < -0.39 is 0 Å². The molecule has 1 aromatic heterocycles. The first-order chi connectivity index (χ1) is 5.25. The van der Waals surface area contributed by atoms with Crippen LogP contribution in [0.15, 0.2) is 16.9 Å². The Kier molecular flexibility index (Phi) is 3.55. The van der Waals surface area contributed by atoms with Crippen LogP contribution in [-0.4, -0.2) is 16.4 Å². The summed E-state index contributed by atoms with van der Waals surface area (Å²) in [6.45, 7) is 0. The van der Waals surface area contributed by atoms with Gasteiger partial charge in [0.2, 0.25) is 0 Å². The second-order valence-electron chi connectivity index (χ2n) is 1.72. The molecule has 0 fully saturated rings. The van der Waals surface area contributed by atoms with Crippen molar-refractivity contribution in [3.05, 3.63) is 12.5 Å². The van der Waals surface area contributed by atoms with Crippen molar-refractivity contribution in [3.63, 3.8) is 0 Å². The molecule has 0 aliphatic carbocycles. The van der Waals surface area contributed by atoms with Gasteiger partial charge in [0.05, 0.1) is 0 Å². The van der Waals surface area contributed by atoms with Gasteiger partial charge in [-0.1, -0.05) is 0 Å². The molecule has 1 heterocycles. The van der Waals surface area contributed by atoms with E-state index in [9.17, 15) is 0 Å². The Labute approximate surface area is 84.1 Å². The van der Waals surface area contributed by atoms with Crippen LogP contribution in [0.25, 0.3) is 0 Å². The molecule has 3 nitrogen and oxygen atoms in total. The molecule has 0 saturated heterocycles. The topological polar surface area (TPSA) is 29.3 Å². The summed E-state index contributed by atoms with van der Waals surface area (Å²) in [7, 11) is 3.32. The van der Waals surface area contributed by atoms with Gasteiger partial charge in [-0.15, -0.1) is 0 Å². The fraction of sp³-hybridized carbons (Fsp3) is 0.200. The van der Waals surface area contributed by atoms with Gasteiger partial charge in [0.1, 0.15) is 0 Å². The molecule has 0 bridgehead atoms. The van der Waals surface area contributed by atoms with E-state index >= 15 is 0 Å². The van der Waals surface area contributed by atoms with Gasteiger partial charge >= 0.3 is 84.4 Å². The standard InChI is InChI=1S/C5H6N2OS2.Mo/c1-7(5(9)10)4-6-2-3-8-4;/h2-3H,1H3,(H,9,10);/q;+1/p-1. The first kappa shape index (κ1) is 9.23. The van der Waals surface area contributed by atoms with Crippen molar-refractivity contribution in [1.82, 2.24) is 4.98 Å². The van der Waals surface area contributed by atoms with Crippen molar-refractivity contribution >= 4 is 32.0 Å². The molecule has 0 amide bonds. The van der Waals surface area contributed by atoms with Gasteiger partial charge in [-0.3, -0.25) is 0 Å². The van der Waals surface area contributed by atoms with Crippen LogP contribution < -0.4 is 4.90 Å². The number of thiocarbonyl (C=S) groups is 1. The minimum atomic E-state index is 0.533. The van der Waals surface area contributed by atoms with Gasteiger partial charge < -0.3 is 0 Å². The van der Waals surface area contributed by atoms with Gasteiger partial charge in [0.25, 0.3) is 0 Å². The molecule has 0 aliphatic heterocycles.